The second kappa shape index (κ2) is 4.23. The quantitative estimate of drug-likeness (QED) is 0.835. The number of ether oxygens (including phenoxy) is 1. The maximum absolute atomic E-state index is 5.63. The summed E-state index contributed by atoms with van der Waals surface area (Å²) in [4.78, 5) is 4.08. The van der Waals surface area contributed by atoms with Crippen molar-refractivity contribution in [3.63, 3.8) is 0 Å². The predicted molar refractivity (Wildman–Crippen MR) is 64.6 cm³/mol. The van der Waals surface area contributed by atoms with Gasteiger partial charge in [0.25, 0.3) is 0 Å². The summed E-state index contributed by atoms with van der Waals surface area (Å²) >= 11 is 0. The van der Waals surface area contributed by atoms with Gasteiger partial charge in [0, 0.05) is 6.07 Å². The van der Waals surface area contributed by atoms with Gasteiger partial charge in [0.1, 0.15) is 11.6 Å². The van der Waals surface area contributed by atoms with Crippen molar-refractivity contribution in [3.8, 4) is 11.6 Å². The van der Waals surface area contributed by atoms with Crippen molar-refractivity contribution in [1.82, 2.24) is 4.98 Å². The smallest absolute Gasteiger partial charge is 0.221 e. The van der Waals surface area contributed by atoms with E-state index < -0.39 is 0 Å². The van der Waals surface area contributed by atoms with Crippen LogP contribution in [-0.4, -0.2) is 4.98 Å². The Hall–Kier alpha value is -2.03. The highest BCUT2D eigenvalue weighted by Gasteiger charge is 2.00. The number of aromatic nitrogens is 1. The summed E-state index contributed by atoms with van der Waals surface area (Å²) in [5.41, 5.74) is 7.91. The summed E-state index contributed by atoms with van der Waals surface area (Å²) in [6, 6.07) is 11.4. The van der Waals surface area contributed by atoms with Crippen LogP contribution in [0.25, 0.3) is 0 Å². The fourth-order valence-electron chi connectivity index (χ4n) is 1.60. The third-order valence-electron chi connectivity index (χ3n) is 2.16. The summed E-state index contributed by atoms with van der Waals surface area (Å²) in [7, 11) is 0. The molecule has 1 heterocycles. The number of nitrogen functional groups attached to an aromatic ring is 1. The number of hydrogen-bond acceptors (Lipinski definition) is 3. The van der Waals surface area contributed by atoms with Gasteiger partial charge in [0.05, 0.1) is 0 Å². The van der Waals surface area contributed by atoms with E-state index in [1.165, 1.54) is 11.1 Å². The number of rotatable bonds is 2. The van der Waals surface area contributed by atoms with Crippen LogP contribution >= 0.6 is 0 Å². The molecule has 0 fully saturated rings. The lowest BCUT2D eigenvalue weighted by molar-refractivity contribution is 0.463. The molecule has 3 heteroatoms. The molecule has 0 bridgehead atoms. The standard InChI is InChI=1S/C13H14N2O/c1-9-6-10(2)8-11(7-9)16-13-5-3-4-12(14)15-13/h3-8H,1-2H3,(H2,14,15). The molecule has 2 rings (SSSR count). The zero-order chi connectivity index (χ0) is 11.5. The first kappa shape index (κ1) is 10.5. The second-order valence-corrected chi connectivity index (χ2v) is 3.83. The van der Waals surface area contributed by atoms with Crippen LogP contribution in [0.15, 0.2) is 36.4 Å². The number of benzene rings is 1. The molecule has 0 saturated heterocycles. The molecule has 0 aliphatic rings. The van der Waals surface area contributed by atoms with Crippen molar-refractivity contribution in [2.45, 2.75) is 13.8 Å². The molecule has 0 aliphatic carbocycles. The van der Waals surface area contributed by atoms with Crippen molar-refractivity contribution < 1.29 is 4.74 Å². The van der Waals surface area contributed by atoms with E-state index in [4.69, 9.17) is 10.5 Å². The van der Waals surface area contributed by atoms with E-state index in [-0.39, 0.29) is 0 Å². The highest BCUT2D eigenvalue weighted by molar-refractivity contribution is 5.37. The van der Waals surface area contributed by atoms with Gasteiger partial charge in [0.2, 0.25) is 5.88 Å². The Morgan fingerprint density at radius 1 is 1.06 bits per heavy atom. The number of nitrogens with two attached hydrogens (primary N) is 1. The zero-order valence-electron chi connectivity index (χ0n) is 9.40. The Kier molecular flexibility index (Phi) is 2.77. The molecule has 2 N–H and O–H groups in total. The largest absolute Gasteiger partial charge is 0.439 e. The molecule has 0 atom stereocenters. The zero-order valence-corrected chi connectivity index (χ0v) is 9.40. The van der Waals surface area contributed by atoms with Gasteiger partial charge in [-0.1, -0.05) is 12.1 Å². The lowest BCUT2D eigenvalue weighted by Gasteiger charge is -2.07. The number of nitrogens with zero attached hydrogens (tertiary/aromatic N) is 1. The lowest BCUT2D eigenvalue weighted by Crippen LogP contribution is -1.93. The van der Waals surface area contributed by atoms with Crippen molar-refractivity contribution in [2.75, 3.05) is 5.73 Å². The maximum atomic E-state index is 5.63. The van der Waals surface area contributed by atoms with E-state index in [9.17, 15) is 0 Å². The Morgan fingerprint density at radius 3 is 2.38 bits per heavy atom. The van der Waals surface area contributed by atoms with E-state index in [1.807, 2.05) is 32.0 Å². The normalized spacial score (nSPS) is 10.1. The third-order valence-corrected chi connectivity index (χ3v) is 2.16. The molecular formula is C13H14N2O. The van der Waals surface area contributed by atoms with E-state index in [2.05, 4.69) is 11.1 Å². The van der Waals surface area contributed by atoms with Gasteiger partial charge in [-0.3, -0.25) is 0 Å². The average Bonchev–Trinajstić information content (AvgIpc) is 2.15. The van der Waals surface area contributed by atoms with E-state index in [1.54, 1.807) is 12.1 Å². The average molecular weight is 214 g/mol. The van der Waals surface area contributed by atoms with Crippen LogP contribution in [-0.2, 0) is 0 Å². The van der Waals surface area contributed by atoms with E-state index in [0.29, 0.717) is 11.7 Å². The molecule has 1 aromatic heterocycles. The summed E-state index contributed by atoms with van der Waals surface area (Å²) in [6.07, 6.45) is 0. The number of aryl methyl sites for hydroxylation is 2. The van der Waals surface area contributed by atoms with Gasteiger partial charge in [-0.15, -0.1) is 0 Å². The second-order valence-electron chi connectivity index (χ2n) is 3.83. The van der Waals surface area contributed by atoms with Crippen molar-refractivity contribution in [2.24, 2.45) is 0 Å². The van der Waals surface area contributed by atoms with Crippen molar-refractivity contribution >= 4 is 5.82 Å². The fraction of sp³-hybridized carbons (Fsp3) is 0.154. The predicted octanol–water partition coefficient (Wildman–Crippen LogP) is 3.07. The lowest BCUT2D eigenvalue weighted by atomic mass is 10.1. The fourth-order valence-corrected chi connectivity index (χ4v) is 1.60. The number of anilines is 1. The maximum Gasteiger partial charge on any atom is 0.221 e. The molecule has 0 aliphatic heterocycles. The number of hydrogen-bond donors (Lipinski definition) is 1. The highest BCUT2D eigenvalue weighted by Crippen LogP contribution is 2.22. The Balaban J connectivity index is 2.27. The van der Waals surface area contributed by atoms with Gasteiger partial charge in [-0.25, -0.2) is 0 Å². The Morgan fingerprint density at radius 2 is 1.75 bits per heavy atom. The van der Waals surface area contributed by atoms with Crippen LogP contribution in [0.1, 0.15) is 11.1 Å². The van der Waals surface area contributed by atoms with Crippen LogP contribution < -0.4 is 10.5 Å². The molecule has 16 heavy (non-hydrogen) atoms. The van der Waals surface area contributed by atoms with Gasteiger partial charge in [0.15, 0.2) is 0 Å². The van der Waals surface area contributed by atoms with Gasteiger partial charge in [-0.2, -0.15) is 4.98 Å². The van der Waals surface area contributed by atoms with Crippen molar-refractivity contribution in [3.05, 3.63) is 47.5 Å². The monoisotopic (exact) mass is 214 g/mol. The first-order chi connectivity index (χ1) is 7.63. The van der Waals surface area contributed by atoms with Gasteiger partial charge >= 0.3 is 0 Å². The summed E-state index contributed by atoms with van der Waals surface area (Å²) in [6.45, 7) is 4.07. The molecule has 0 spiro atoms. The summed E-state index contributed by atoms with van der Waals surface area (Å²) < 4.78 is 5.63. The molecule has 0 unspecified atom stereocenters. The summed E-state index contributed by atoms with van der Waals surface area (Å²) in [5.74, 6) is 1.77. The van der Waals surface area contributed by atoms with Crippen molar-refractivity contribution in [1.29, 1.82) is 0 Å². The minimum atomic E-state index is 0.460. The first-order valence-electron chi connectivity index (χ1n) is 5.12. The molecule has 0 amide bonds. The van der Waals surface area contributed by atoms with E-state index in [0.717, 1.165) is 5.75 Å². The molecule has 1 aromatic carbocycles. The van der Waals surface area contributed by atoms with E-state index >= 15 is 0 Å². The molecule has 0 saturated carbocycles. The third kappa shape index (κ3) is 2.51. The van der Waals surface area contributed by atoms with Gasteiger partial charge in [-0.05, 0) is 43.2 Å². The minimum absolute atomic E-state index is 0.460. The molecule has 0 radical (unpaired) electrons. The Labute approximate surface area is 94.9 Å². The Bertz CT molecular complexity index is 489. The van der Waals surface area contributed by atoms with Crippen LogP contribution in [0, 0.1) is 13.8 Å². The van der Waals surface area contributed by atoms with Crippen LogP contribution in [0.5, 0.6) is 11.6 Å². The highest BCUT2D eigenvalue weighted by atomic mass is 16.5. The summed E-state index contributed by atoms with van der Waals surface area (Å²) in [5, 5.41) is 0. The first-order valence-corrected chi connectivity index (χ1v) is 5.12. The molecular weight excluding hydrogens is 200 g/mol. The SMILES string of the molecule is Cc1cc(C)cc(Oc2cccc(N)n2)c1. The van der Waals surface area contributed by atoms with Crippen LogP contribution in [0.2, 0.25) is 0 Å². The number of pyridine rings is 1. The van der Waals surface area contributed by atoms with Crippen LogP contribution in [0.4, 0.5) is 5.82 Å². The molecule has 82 valence electrons. The molecule has 3 nitrogen and oxygen atoms in total. The van der Waals surface area contributed by atoms with Gasteiger partial charge < -0.3 is 10.5 Å². The minimum Gasteiger partial charge on any atom is -0.439 e. The molecule has 2 aromatic rings. The topological polar surface area (TPSA) is 48.1 Å². The van der Waals surface area contributed by atoms with Crippen LogP contribution in [0.3, 0.4) is 0 Å².